The summed E-state index contributed by atoms with van der Waals surface area (Å²) in [6, 6.07) is 1.69. The Bertz CT molecular complexity index is 501. The van der Waals surface area contributed by atoms with Crippen molar-refractivity contribution < 1.29 is 4.39 Å². The summed E-state index contributed by atoms with van der Waals surface area (Å²) in [6.45, 7) is 1.04. The summed E-state index contributed by atoms with van der Waals surface area (Å²) in [4.78, 5) is 10.1. The van der Waals surface area contributed by atoms with Gasteiger partial charge in [-0.2, -0.15) is 0 Å². The van der Waals surface area contributed by atoms with Crippen LogP contribution >= 0.6 is 11.3 Å². The molecule has 2 rings (SSSR count). The summed E-state index contributed by atoms with van der Waals surface area (Å²) < 4.78 is 14.2. The lowest BCUT2D eigenvalue weighted by Gasteiger charge is -2.18. The second-order valence-corrected chi connectivity index (χ2v) is 4.69. The highest BCUT2D eigenvalue weighted by Crippen LogP contribution is 2.20. The van der Waals surface area contributed by atoms with Crippen LogP contribution in [0.25, 0.3) is 0 Å². The summed E-state index contributed by atoms with van der Waals surface area (Å²) in [5.74, 6) is 0.0836. The maximum atomic E-state index is 14.2. The van der Waals surface area contributed by atoms with Crippen molar-refractivity contribution in [2.45, 2.75) is 13.1 Å². The fraction of sp³-hybridized carbons (Fsp3) is 0.333. The minimum absolute atomic E-state index is 0.274. The average molecular weight is 266 g/mol. The molecule has 1 N–H and O–H groups in total. The van der Waals surface area contributed by atoms with Gasteiger partial charge in [-0.3, -0.25) is 0 Å². The van der Waals surface area contributed by atoms with Crippen molar-refractivity contribution in [2.24, 2.45) is 0 Å². The summed E-state index contributed by atoms with van der Waals surface area (Å²) in [6.07, 6.45) is 1.63. The molecule has 0 saturated heterocycles. The number of thiazole rings is 1. The molecule has 0 aliphatic heterocycles. The van der Waals surface area contributed by atoms with E-state index in [0.717, 1.165) is 5.69 Å². The summed E-state index contributed by atoms with van der Waals surface area (Å²) in [5, 5.41) is 4.89. The topological polar surface area (TPSA) is 41.1 Å². The van der Waals surface area contributed by atoms with Crippen molar-refractivity contribution in [3.05, 3.63) is 40.2 Å². The summed E-state index contributed by atoms with van der Waals surface area (Å²) >= 11 is 1.53. The van der Waals surface area contributed by atoms with Gasteiger partial charge in [-0.25, -0.2) is 14.4 Å². The van der Waals surface area contributed by atoms with E-state index in [4.69, 9.17) is 0 Å². The van der Waals surface area contributed by atoms with E-state index in [1.165, 1.54) is 11.3 Å². The zero-order valence-electron chi connectivity index (χ0n) is 10.4. The van der Waals surface area contributed by atoms with Crippen LogP contribution in [-0.4, -0.2) is 24.1 Å². The van der Waals surface area contributed by atoms with Gasteiger partial charge in [0.15, 0.2) is 11.6 Å². The second kappa shape index (κ2) is 5.88. The van der Waals surface area contributed by atoms with Crippen LogP contribution in [0, 0.1) is 5.82 Å². The second-order valence-electron chi connectivity index (χ2n) is 3.97. The number of hydrogen-bond donors (Lipinski definition) is 1. The number of hydrogen-bond acceptors (Lipinski definition) is 5. The van der Waals surface area contributed by atoms with E-state index in [9.17, 15) is 4.39 Å². The van der Waals surface area contributed by atoms with E-state index < -0.39 is 0 Å². The van der Waals surface area contributed by atoms with Crippen LogP contribution in [0.15, 0.2) is 23.2 Å². The molecule has 0 fully saturated rings. The molecule has 0 unspecified atom stereocenters. The van der Waals surface area contributed by atoms with E-state index in [1.807, 2.05) is 12.4 Å². The van der Waals surface area contributed by atoms with Crippen molar-refractivity contribution in [1.29, 1.82) is 0 Å². The molecular weight excluding hydrogens is 251 g/mol. The zero-order valence-corrected chi connectivity index (χ0v) is 11.2. The third kappa shape index (κ3) is 2.83. The first-order chi connectivity index (χ1) is 8.72. The van der Waals surface area contributed by atoms with Gasteiger partial charge in [0.1, 0.15) is 0 Å². The van der Waals surface area contributed by atoms with E-state index in [0.29, 0.717) is 24.5 Å². The molecule has 0 bridgehead atoms. The van der Waals surface area contributed by atoms with E-state index >= 15 is 0 Å². The Morgan fingerprint density at radius 2 is 2.28 bits per heavy atom. The Kier molecular flexibility index (Phi) is 4.22. The highest BCUT2D eigenvalue weighted by Gasteiger charge is 2.13. The molecule has 2 heterocycles. The first-order valence-corrected chi connectivity index (χ1v) is 6.53. The molecule has 0 aliphatic carbocycles. The molecule has 2 aromatic heterocycles. The van der Waals surface area contributed by atoms with Crippen molar-refractivity contribution in [3.63, 3.8) is 0 Å². The van der Waals surface area contributed by atoms with Crippen LogP contribution in [0.2, 0.25) is 0 Å². The third-order valence-corrected chi connectivity index (χ3v) is 3.20. The number of aromatic nitrogens is 2. The molecule has 2 aromatic rings. The van der Waals surface area contributed by atoms with Crippen LogP contribution in [0.4, 0.5) is 10.2 Å². The molecular formula is C12H15FN4S. The summed E-state index contributed by atoms with van der Waals surface area (Å²) in [5.41, 5.74) is 3.31. The highest BCUT2D eigenvalue weighted by molar-refractivity contribution is 7.07. The minimum Gasteiger partial charge on any atom is -0.351 e. The maximum Gasteiger partial charge on any atom is 0.170 e. The molecule has 18 heavy (non-hydrogen) atoms. The predicted molar refractivity (Wildman–Crippen MR) is 71.2 cm³/mol. The Labute approximate surface area is 110 Å². The lowest BCUT2D eigenvalue weighted by Crippen LogP contribution is -2.20. The van der Waals surface area contributed by atoms with Gasteiger partial charge in [-0.05, 0) is 13.1 Å². The fourth-order valence-corrected chi connectivity index (χ4v) is 2.25. The van der Waals surface area contributed by atoms with Gasteiger partial charge in [0.05, 0.1) is 17.7 Å². The van der Waals surface area contributed by atoms with Crippen molar-refractivity contribution >= 4 is 17.2 Å². The van der Waals surface area contributed by atoms with Crippen LogP contribution in [-0.2, 0) is 13.1 Å². The predicted octanol–water partition coefficient (Wildman–Crippen LogP) is 2.03. The summed E-state index contributed by atoms with van der Waals surface area (Å²) in [7, 11) is 3.60. The molecule has 0 atom stereocenters. The molecule has 6 heteroatoms. The average Bonchev–Trinajstić information content (AvgIpc) is 2.85. The Balaban J connectivity index is 2.19. The van der Waals surface area contributed by atoms with Crippen molar-refractivity contribution in [2.75, 3.05) is 19.0 Å². The monoisotopic (exact) mass is 266 g/mol. The quantitative estimate of drug-likeness (QED) is 0.899. The van der Waals surface area contributed by atoms with Gasteiger partial charge < -0.3 is 10.2 Å². The number of halogens is 1. The van der Waals surface area contributed by atoms with Gasteiger partial charge in [-0.15, -0.1) is 11.3 Å². The molecule has 0 radical (unpaired) electrons. The van der Waals surface area contributed by atoms with E-state index in [2.05, 4.69) is 15.3 Å². The smallest absolute Gasteiger partial charge is 0.170 e. The molecule has 4 nitrogen and oxygen atoms in total. The molecule has 0 amide bonds. The Morgan fingerprint density at radius 3 is 2.94 bits per heavy atom. The number of rotatable bonds is 5. The van der Waals surface area contributed by atoms with E-state index in [-0.39, 0.29) is 5.82 Å². The normalized spacial score (nSPS) is 10.6. The van der Waals surface area contributed by atoms with Crippen LogP contribution < -0.4 is 10.2 Å². The molecule has 0 spiro atoms. The van der Waals surface area contributed by atoms with Crippen LogP contribution in [0.3, 0.4) is 0 Å². The van der Waals surface area contributed by atoms with Crippen molar-refractivity contribution in [3.8, 4) is 0 Å². The molecule has 0 aromatic carbocycles. The number of nitrogens with zero attached hydrogens (tertiary/aromatic N) is 3. The molecule has 96 valence electrons. The van der Waals surface area contributed by atoms with E-state index in [1.54, 1.807) is 29.7 Å². The van der Waals surface area contributed by atoms with Gasteiger partial charge in [-0.1, -0.05) is 0 Å². The van der Waals surface area contributed by atoms with Gasteiger partial charge in [0.2, 0.25) is 0 Å². The fourth-order valence-electron chi connectivity index (χ4n) is 1.70. The van der Waals surface area contributed by atoms with Gasteiger partial charge >= 0.3 is 0 Å². The number of anilines is 1. The Hall–Kier alpha value is -1.53. The number of pyridine rings is 1. The third-order valence-electron chi connectivity index (χ3n) is 2.56. The maximum absolute atomic E-state index is 14.2. The lowest BCUT2D eigenvalue weighted by atomic mass is 10.2. The van der Waals surface area contributed by atoms with Crippen LogP contribution in [0.1, 0.15) is 11.3 Å². The molecule has 0 aliphatic rings. The Morgan fingerprint density at radius 1 is 1.44 bits per heavy atom. The lowest BCUT2D eigenvalue weighted by molar-refractivity contribution is 0.589. The zero-order chi connectivity index (χ0) is 13.0. The van der Waals surface area contributed by atoms with Crippen LogP contribution in [0.5, 0.6) is 0 Å². The van der Waals surface area contributed by atoms with Crippen molar-refractivity contribution in [1.82, 2.24) is 15.3 Å². The number of nitrogens with one attached hydrogen (secondary N) is 1. The largest absolute Gasteiger partial charge is 0.351 e. The van der Waals surface area contributed by atoms with Gasteiger partial charge in [0, 0.05) is 30.7 Å². The first kappa shape index (κ1) is 12.9. The van der Waals surface area contributed by atoms with Gasteiger partial charge in [0.25, 0.3) is 0 Å². The minimum atomic E-state index is -0.274. The SMILES string of the molecule is CNCc1ccnc(N(C)Cc2cscn2)c1F. The molecule has 0 saturated carbocycles. The standard InChI is InChI=1S/C12H15FN4S/c1-14-5-9-3-4-15-12(11(9)13)17(2)6-10-7-18-8-16-10/h3-4,7-8,14H,5-6H2,1-2H3. The first-order valence-electron chi connectivity index (χ1n) is 5.58. The highest BCUT2D eigenvalue weighted by atomic mass is 32.1.